The van der Waals surface area contributed by atoms with E-state index in [4.69, 9.17) is 22.0 Å². The molecule has 2 N–H and O–H groups in total. The first-order chi connectivity index (χ1) is 21.4. The first kappa shape index (κ1) is 33.6. The zero-order valence-electron chi connectivity index (χ0n) is 23.7. The smallest absolute Gasteiger partial charge is 0.355 e. The van der Waals surface area contributed by atoms with Crippen LogP contribution in [0.15, 0.2) is 98.2 Å². The lowest BCUT2D eigenvalue weighted by Gasteiger charge is -2.31. The van der Waals surface area contributed by atoms with Crippen molar-refractivity contribution in [2.75, 3.05) is 25.9 Å². The molecule has 0 spiro atoms. The van der Waals surface area contributed by atoms with Crippen molar-refractivity contribution in [3.05, 3.63) is 101 Å². The molecule has 0 aliphatic carbocycles. The second-order valence-electron chi connectivity index (χ2n) is 9.52. The lowest BCUT2D eigenvalue weighted by Crippen LogP contribution is -2.41. The van der Waals surface area contributed by atoms with E-state index in [9.17, 15) is 25.8 Å². The SMILES string of the molecule is CN=C(NC#N)NCCS(=O)/C(=N\S(=O)(=O)c1ccc(C(F)(F)F)cc1)N1CCC(c2ccccc2)C(c2ccc(Cl)cc2)=N1. The van der Waals surface area contributed by atoms with Crippen molar-refractivity contribution >= 4 is 49.3 Å². The average Bonchev–Trinajstić information content (AvgIpc) is 3.03. The first-order valence-corrected chi connectivity index (χ1v) is 16.5. The van der Waals surface area contributed by atoms with Crippen LogP contribution in [-0.4, -0.2) is 60.4 Å². The number of sulfonamides is 1. The van der Waals surface area contributed by atoms with Crippen LogP contribution in [0.1, 0.15) is 29.0 Å². The van der Waals surface area contributed by atoms with E-state index in [0.717, 1.165) is 17.7 Å². The number of benzene rings is 3. The third-order valence-electron chi connectivity index (χ3n) is 6.61. The number of nitrogens with zero attached hydrogens (tertiary/aromatic N) is 5. The summed E-state index contributed by atoms with van der Waals surface area (Å²) in [7, 11) is -5.28. The molecule has 0 radical (unpaired) electrons. The molecule has 0 saturated heterocycles. The fourth-order valence-corrected chi connectivity index (χ4v) is 6.90. The molecule has 2 atom stereocenters. The van der Waals surface area contributed by atoms with E-state index in [1.165, 1.54) is 12.1 Å². The van der Waals surface area contributed by atoms with E-state index >= 15 is 0 Å². The molecule has 1 aliphatic heterocycles. The van der Waals surface area contributed by atoms with Gasteiger partial charge in [-0.25, -0.2) is 5.01 Å². The van der Waals surface area contributed by atoms with Crippen LogP contribution in [-0.2, 0) is 27.0 Å². The molecule has 3 aromatic carbocycles. The van der Waals surface area contributed by atoms with Crippen LogP contribution in [0.3, 0.4) is 0 Å². The van der Waals surface area contributed by atoms with Crippen molar-refractivity contribution < 1.29 is 25.8 Å². The van der Waals surface area contributed by atoms with Crippen molar-refractivity contribution in [1.29, 1.82) is 5.26 Å². The molecule has 2 unspecified atom stereocenters. The van der Waals surface area contributed by atoms with Gasteiger partial charge in [0.25, 0.3) is 10.0 Å². The van der Waals surface area contributed by atoms with Crippen molar-refractivity contribution in [3.63, 3.8) is 0 Å². The Morgan fingerprint density at radius 1 is 1.11 bits per heavy atom. The highest BCUT2D eigenvalue weighted by molar-refractivity contribution is 8.02. The Morgan fingerprint density at radius 2 is 1.78 bits per heavy atom. The van der Waals surface area contributed by atoms with Gasteiger partial charge in [-0.05, 0) is 53.9 Å². The van der Waals surface area contributed by atoms with Crippen LogP contribution >= 0.6 is 11.6 Å². The lowest BCUT2D eigenvalue weighted by atomic mass is 9.86. The third-order valence-corrected chi connectivity index (χ3v) is 9.54. The van der Waals surface area contributed by atoms with E-state index in [1.54, 1.807) is 30.5 Å². The Labute approximate surface area is 265 Å². The van der Waals surface area contributed by atoms with Gasteiger partial charge in [0.15, 0.2) is 6.19 Å². The Morgan fingerprint density at radius 3 is 2.38 bits per heavy atom. The maximum absolute atomic E-state index is 13.7. The van der Waals surface area contributed by atoms with Gasteiger partial charge in [0.1, 0.15) is 0 Å². The molecule has 0 amide bonds. The lowest BCUT2D eigenvalue weighted by molar-refractivity contribution is -0.137. The zero-order chi connectivity index (χ0) is 32.6. The van der Waals surface area contributed by atoms with Gasteiger partial charge in [-0.3, -0.25) is 14.5 Å². The molecule has 0 aromatic heterocycles. The second kappa shape index (κ2) is 14.7. The van der Waals surface area contributed by atoms with E-state index in [0.29, 0.717) is 34.9 Å². The van der Waals surface area contributed by atoms with Crippen LogP contribution < -0.4 is 10.6 Å². The van der Waals surface area contributed by atoms with Gasteiger partial charge in [-0.1, -0.05) is 54.1 Å². The molecule has 236 valence electrons. The molecule has 45 heavy (non-hydrogen) atoms. The van der Waals surface area contributed by atoms with Crippen LogP contribution in [0.25, 0.3) is 0 Å². The van der Waals surface area contributed by atoms with Crippen molar-refractivity contribution in [2.24, 2.45) is 14.5 Å². The van der Waals surface area contributed by atoms with E-state index < -0.39 is 42.6 Å². The summed E-state index contributed by atoms with van der Waals surface area (Å²) in [5.41, 5.74) is 1.18. The highest BCUT2D eigenvalue weighted by Gasteiger charge is 2.33. The number of alkyl halides is 3. The largest absolute Gasteiger partial charge is 0.416 e. The fourth-order valence-electron chi connectivity index (χ4n) is 4.43. The summed E-state index contributed by atoms with van der Waals surface area (Å²) < 4.78 is 83.6. The molecule has 4 rings (SSSR count). The summed E-state index contributed by atoms with van der Waals surface area (Å²) in [4.78, 5) is 3.33. The molecule has 16 heteroatoms. The number of rotatable bonds is 7. The number of amidine groups is 1. The summed E-state index contributed by atoms with van der Waals surface area (Å²) in [5, 5.41) is 20.1. The number of hydrazone groups is 1. The normalized spacial score (nSPS) is 16.8. The molecule has 0 bridgehead atoms. The molecule has 1 heterocycles. The van der Waals surface area contributed by atoms with Crippen LogP contribution in [0.4, 0.5) is 13.2 Å². The summed E-state index contributed by atoms with van der Waals surface area (Å²) >= 11 is 6.12. The standard InChI is InChI=1S/C29H27ClF3N7O3S2/c1-35-27(37-19-34)36-16-18-44(41)28(39-45(42,43)24-13-9-22(10-14-24)29(31,32)33)40-17-15-25(20-5-3-2-4-6-20)26(38-40)21-7-11-23(30)12-8-21/h2-14,25H,15-18H2,1H3,(H2,35,36,37)/b39-28-. The third kappa shape index (κ3) is 8.68. The van der Waals surface area contributed by atoms with Gasteiger partial charge in [0.05, 0.1) is 27.0 Å². The first-order valence-electron chi connectivity index (χ1n) is 13.4. The van der Waals surface area contributed by atoms with Crippen molar-refractivity contribution in [2.45, 2.75) is 23.4 Å². The minimum atomic E-state index is -4.66. The van der Waals surface area contributed by atoms with Gasteiger partial charge in [0.2, 0.25) is 11.1 Å². The maximum Gasteiger partial charge on any atom is 0.416 e. The fraction of sp³-hybridized carbons (Fsp3) is 0.241. The highest BCUT2D eigenvalue weighted by Crippen LogP contribution is 2.32. The Hall–Kier alpha value is -4.26. The van der Waals surface area contributed by atoms with Crippen LogP contribution in [0.5, 0.6) is 0 Å². The molecule has 1 aliphatic rings. The molecular weight excluding hydrogens is 651 g/mol. The van der Waals surface area contributed by atoms with Crippen LogP contribution in [0.2, 0.25) is 5.02 Å². The van der Waals surface area contributed by atoms with Crippen LogP contribution in [0, 0.1) is 11.5 Å². The molecule has 0 fully saturated rings. The number of guanidine groups is 1. The molecule has 10 nitrogen and oxygen atoms in total. The van der Waals surface area contributed by atoms with Crippen molar-refractivity contribution in [1.82, 2.24) is 15.6 Å². The predicted molar refractivity (Wildman–Crippen MR) is 168 cm³/mol. The molecular formula is C29H27ClF3N7O3S2. The van der Waals surface area contributed by atoms with Gasteiger partial charge < -0.3 is 5.32 Å². The monoisotopic (exact) mass is 677 g/mol. The molecule has 3 aromatic rings. The highest BCUT2D eigenvalue weighted by atomic mass is 35.5. The number of nitrogens with one attached hydrogen (secondary N) is 2. The predicted octanol–water partition coefficient (Wildman–Crippen LogP) is 4.69. The van der Waals surface area contributed by atoms with E-state index in [2.05, 4.69) is 20.0 Å². The molecule has 0 saturated carbocycles. The Balaban J connectivity index is 1.77. The van der Waals surface area contributed by atoms with Gasteiger partial charge >= 0.3 is 6.18 Å². The number of hydrogen-bond donors (Lipinski definition) is 2. The summed E-state index contributed by atoms with van der Waals surface area (Å²) in [6, 6.07) is 19.3. The van der Waals surface area contributed by atoms with Gasteiger partial charge in [0, 0.05) is 36.8 Å². The minimum absolute atomic E-state index is 0.00154. The average molecular weight is 678 g/mol. The van der Waals surface area contributed by atoms with Gasteiger partial charge in [-0.2, -0.15) is 32.0 Å². The van der Waals surface area contributed by atoms with E-state index in [1.807, 2.05) is 30.3 Å². The summed E-state index contributed by atoms with van der Waals surface area (Å²) in [6.45, 7) is 0.135. The quantitative estimate of drug-likeness (QED) is 0.160. The number of hydrogen-bond acceptors (Lipinski definition) is 6. The number of halogens is 4. The maximum atomic E-state index is 13.7. The summed E-state index contributed by atoms with van der Waals surface area (Å²) in [6.07, 6.45) is -2.51. The summed E-state index contributed by atoms with van der Waals surface area (Å²) in [5.74, 6) is -0.262. The minimum Gasteiger partial charge on any atom is -0.355 e. The Bertz CT molecular complexity index is 1760. The van der Waals surface area contributed by atoms with Gasteiger partial charge in [-0.15, -0.1) is 4.40 Å². The Kier molecular flexibility index (Phi) is 11.0. The second-order valence-corrected chi connectivity index (χ2v) is 13.0. The number of aliphatic imine (C=N–C) groups is 1. The topological polar surface area (TPSA) is 139 Å². The van der Waals surface area contributed by atoms with Crippen molar-refractivity contribution in [3.8, 4) is 6.19 Å². The zero-order valence-corrected chi connectivity index (χ0v) is 26.1. The number of nitriles is 1. The van der Waals surface area contributed by atoms with E-state index in [-0.39, 0.29) is 30.7 Å².